The summed E-state index contributed by atoms with van der Waals surface area (Å²) in [5.41, 5.74) is 0.347. The van der Waals surface area contributed by atoms with Gasteiger partial charge in [-0.05, 0) is 29.7 Å². The van der Waals surface area contributed by atoms with Crippen molar-refractivity contribution in [3.05, 3.63) is 35.1 Å². The first-order valence-electron chi connectivity index (χ1n) is 5.38. The molecule has 0 heterocycles. The number of carboxylic acids is 1. The fourth-order valence-electron chi connectivity index (χ4n) is 1.66. The quantitative estimate of drug-likeness (QED) is 0.688. The lowest BCUT2D eigenvalue weighted by molar-refractivity contribution is -0.136. The molecule has 2 atom stereocenters. The summed E-state index contributed by atoms with van der Waals surface area (Å²) in [6.07, 6.45) is -2.65. The number of hydrogen-bond donors (Lipinski definition) is 3. The predicted octanol–water partition coefficient (Wildman–Crippen LogP) is 1.48. The Morgan fingerprint density at radius 3 is 2.61 bits per heavy atom. The highest BCUT2D eigenvalue weighted by atomic mass is 35.5. The molecule has 2 unspecified atom stereocenters. The molecule has 1 aromatic rings. The summed E-state index contributed by atoms with van der Waals surface area (Å²) in [4.78, 5) is 10.7. The fraction of sp³-hybridized carbons (Fsp3) is 0.417. The van der Waals surface area contributed by atoms with Crippen molar-refractivity contribution in [3.63, 3.8) is 0 Å². The molecule has 0 saturated carbocycles. The minimum Gasteiger partial charge on any atom is -0.481 e. The van der Waals surface area contributed by atoms with Gasteiger partial charge in [0.05, 0.1) is 12.5 Å². The topological polar surface area (TPSA) is 77.8 Å². The van der Waals surface area contributed by atoms with Gasteiger partial charge in [0.2, 0.25) is 0 Å². The number of carboxylic acid groups (broad SMARTS) is 1. The molecule has 0 bridgehead atoms. The number of benzene rings is 1. The van der Waals surface area contributed by atoms with Crippen LogP contribution in [-0.2, 0) is 11.2 Å². The van der Waals surface area contributed by atoms with Crippen LogP contribution in [0.1, 0.15) is 23.7 Å². The zero-order chi connectivity index (χ0) is 13.7. The lowest BCUT2D eigenvalue weighted by Crippen LogP contribution is -2.20. The van der Waals surface area contributed by atoms with Crippen molar-refractivity contribution < 1.29 is 24.5 Å². The second-order valence-electron chi connectivity index (χ2n) is 3.90. The van der Waals surface area contributed by atoms with Gasteiger partial charge < -0.3 is 15.3 Å². The summed E-state index contributed by atoms with van der Waals surface area (Å²) in [5.74, 6) is -1.57. The second-order valence-corrected chi connectivity index (χ2v) is 4.28. The van der Waals surface area contributed by atoms with Crippen LogP contribution in [0.5, 0.6) is 0 Å². The van der Waals surface area contributed by atoms with Crippen LogP contribution in [-0.4, -0.2) is 33.3 Å². The summed E-state index contributed by atoms with van der Waals surface area (Å²) < 4.78 is 13.1. The van der Waals surface area contributed by atoms with Gasteiger partial charge in [0.15, 0.2) is 0 Å². The average molecular weight is 277 g/mol. The minimum atomic E-state index is -1.28. The number of aliphatic carboxylic acids is 1. The van der Waals surface area contributed by atoms with Crippen molar-refractivity contribution in [2.24, 2.45) is 0 Å². The molecule has 1 rings (SSSR count). The van der Waals surface area contributed by atoms with Gasteiger partial charge in [0, 0.05) is 5.88 Å². The maximum absolute atomic E-state index is 13.1. The lowest BCUT2D eigenvalue weighted by atomic mass is 9.95. The molecule has 3 N–H and O–H groups in total. The van der Waals surface area contributed by atoms with Crippen molar-refractivity contribution in [3.8, 4) is 0 Å². The molecular weight excluding hydrogens is 263 g/mol. The zero-order valence-electron chi connectivity index (χ0n) is 9.51. The SMILES string of the molecule is O=C(O)Cc1cc(F)ccc1C(O)C(O)CCCl. The number of carbonyl (C=O) groups is 1. The standard InChI is InChI=1S/C12H14ClFO4/c13-4-3-10(15)12(18)9-2-1-8(14)5-7(9)6-11(16)17/h1-2,5,10,12,15,18H,3-4,6H2,(H,16,17). The van der Waals surface area contributed by atoms with Crippen molar-refractivity contribution in [2.75, 3.05) is 5.88 Å². The van der Waals surface area contributed by atoms with Crippen LogP contribution in [0.4, 0.5) is 4.39 Å². The molecular formula is C12H14ClFO4. The first kappa shape index (κ1) is 14.9. The molecule has 0 amide bonds. The van der Waals surface area contributed by atoms with Crippen LogP contribution in [0, 0.1) is 5.82 Å². The van der Waals surface area contributed by atoms with Gasteiger partial charge >= 0.3 is 5.97 Å². The van der Waals surface area contributed by atoms with Crippen LogP contribution < -0.4 is 0 Å². The summed E-state index contributed by atoms with van der Waals surface area (Å²) in [6.45, 7) is 0. The van der Waals surface area contributed by atoms with E-state index in [1.807, 2.05) is 0 Å². The Balaban J connectivity index is 3.02. The Kier molecular flexibility index (Phi) is 5.53. The molecule has 6 heteroatoms. The Morgan fingerprint density at radius 2 is 2.06 bits per heavy atom. The van der Waals surface area contributed by atoms with Gasteiger partial charge in [-0.1, -0.05) is 6.07 Å². The fourth-order valence-corrected chi connectivity index (χ4v) is 1.88. The summed E-state index contributed by atoms with van der Waals surface area (Å²) in [5, 5.41) is 28.2. The lowest BCUT2D eigenvalue weighted by Gasteiger charge is -2.19. The van der Waals surface area contributed by atoms with E-state index in [-0.39, 0.29) is 23.4 Å². The Labute approximate surface area is 109 Å². The van der Waals surface area contributed by atoms with E-state index in [1.54, 1.807) is 0 Å². The molecule has 0 fully saturated rings. The molecule has 18 heavy (non-hydrogen) atoms. The molecule has 0 aliphatic carbocycles. The van der Waals surface area contributed by atoms with Crippen LogP contribution in [0.15, 0.2) is 18.2 Å². The number of aliphatic hydroxyl groups excluding tert-OH is 2. The molecule has 4 nitrogen and oxygen atoms in total. The van der Waals surface area contributed by atoms with E-state index in [1.165, 1.54) is 6.07 Å². The highest BCUT2D eigenvalue weighted by Gasteiger charge is 2.21. The van der Waals surface area contributed by atoms with Gasteiger partial charge in [-0.15, -0.1) is 11.6 Å². The number of rotatable bonds is 6. The van der Waals surface area contributed by atoms with E-state index in [4.69, 9.17) is 16.7 Å². The molecule has 0 saturated heterocycles. The smallest absolute Gasteiger partial charge is 0.307 e. The highest BCUT2D eigenvalue weighted by molar-refractivity contribution is 6.17. The third-order valence-electron chi connectivity index (χ3n) is 2.53. The van der Waals surface area contributed by atoms with Crippen LogP contribution in [0.25, 0.3) is 0 Å². The minimum absolute atomic E-state index is 0.142. The van der Waals surface area contributed by atoms with Crippen molar-refractivity contribution >= 4 is 17.6 Å². The van der Waals surface area contributed by atoms with Gasteiger partial charge in [-0.3, -0.25) is 4.79 Å². The molecule has 0 aliphatic rings. The molecule has 100 valence electrons. The van der Waals surface area contributed by atoms with Gasteiger partial charge in [0.25, 0.3) is 0 Å². The van der Waals surface area contributed by atoms with Crippen molar-refractivity contribution in [1.82, 2.24) is 0 Å². The molecule has 1 aromatic carbocycles. The summed E-state index contributed by atoms with van der Waals surface area (Å²) >= 11 is 5.45. The average Bonchev–Trinajstić information content (AvgIpc) is 2.28. The third kappa shape index (κ3) is 3.94. The first-order valence-corrected chi connectivity index (χ1v) is 5.91. The highest BCUT2D eigenvalue weighted by Crippen LogP contribution is 2.24. The van der Waals surface area contributed by atoms with Gasteiger partial charge in [0.1, 0.15) is 11.9 Å². The zero-order valence-corrected chi connectivity index (χ0v) is 10.3. The summed E-state index contributed by atoms with van der Waals surface area (Å²) in [7, 11) is 0. The van der Waals surface area contributed by atoms with Gasteiger partial charge in [-0.25, -0.2) is 4.39 Å². The van der Waals surface area contributed by atoms with Crippen LogP contribution in [0.3, 0.4) is 0 Å². The number of halogens is 2. The van der Waals surface area contributed by atoms with Crippen molar-refractivity contribution in [2.45, 2.75) is 25.0 Å². The molecule has 0 aliphatic heterocycles. The molecule has 0 spiro atoms. The monoisotopic (exact) mass is 276 g/mol. The predicted molar refractivity (Wildman–Crippen MR) is 64.0 cm³/mol. The van der Waals surface area contributed by atoms with E-state index in [0.717, 1.165) is 12.1 Å². The molecule has 0 aromatic heterocycles. The largest absolute Gasteiger partial charge is 0.481 e. The van der Waals surface area contributed by atoms with E-state index >= 15 is 0 Å². The Morgan fingerprint density at radius 1 is 1.39 bits per heavy atom. The van der Waals surface area contributed by atoms with Crippen LogP contribution in [0.2, 0.25) is 0 Å². The maximum Gasteiger partial charge on any atom is 0.307 e. The van der Waals surface area contributed by atoms with Crippen LogP contribution >= 0.6 is 11.6 Å². The number of alkyl halides is 1. The number of aliphatic hydroxyl groups is 2. The van der Waals surface area contributed by atoms with Gasteiger partial charge in [-0.2, -0.15) is 0 Å². The third-order valence-corrected chi connectivity index (χ3v) is 2.75. The van der Waals surface area contributed by atoms with E-state index in [0.29, 0.717) is 0 Å². The Bertz CT molecular complexity index is 425. The normalized spacial score (nSPS) is 14.2. The number of hydrogen-bond acceptors (Lipinski definition) is 3. The second kappa shape index (κ2) is 6.68. The van der Waals surface area contributed by atoms with E-state index < -0.39 is 30.4 Å². The Hall–Kier alpha value is -1.17. The summed E-state index contributed by atoms with van der Waals surface area (Å²) in [6, 6.07) is 3.42. The first-order chi connectivity index (χ1) is 8.45. The van der Waals surface area contributed by atoms with E-state index in [9.17, 15) is 19.4 Å². The maximum atomic E-state index is 13.1. The molecule has 0 radical (unpaired) electrons. The van der Waals surface area contributed by atoms with E-state index in [2.05, 4.69) is 0 Å². The van der Waals surface area contributed by atoms with Crippen molar-refractivity contribution in [1.29, 1.82) is 0 Å².